The number of hydrogen-bond acceptors (Lipinski definition) is 3. The average molecular weight is 336 g/mol. The molecule has 3 rings (SSSR count). The van der Waals surface area contributed by atoms with Gasteiger partial charge < -0.3 is 5.11 Å². The number of rotatable bonds is 4. The largest absolute Gasteiger partial charge is 0.416 e. The second-order valence-corrected chi connectivity index (χ2v) is 6.09. The molecule has 24 heavy (non-hydrogen) atoms. The molecule has 0 radical (unpaired) electrons. The zero-order valence-electron chi connectivity index (χ0n) is 13.1. The topological polar surface area (TPSA) is 36.4 Å². The Hall–Kier alpha value is -1.92. The van der Waals surface area contributed by atoms with Crippen molar-refractivity contribution in [3.05, 3.63) is 65.5 Å². The third-order valence-corrected chi connectivity index (χ3v) is 4.39. The highest BCUT2D eigenvalue weighted by Gasteiger charge is 2.33. The van der Waals surface area contributed by atoms with Crippen LogP contribution < -0.4 is 0 Å². The van der Waals surface area contributed by atoms with E-state index in [1.807, 2.05) is 18.2 Å². The number of alkyl halides is 3. The first kappa shape index (κ1) is 16.9. The van der Waals surface area contributed by atoms with Gasteiger partial charge in [0.15, 0.2) is 0 Å². The van der Waals surface area contributed by atoms with E-state index in [1.165, 1.54) is 12.1 Å². The first-order chi connectivity index (χ1) is 11.4. The van der Waals surface area contributed by atoms with Gasteiger partial charge in [0.1, 0.15) is 0 Å². The molecule has 1 aromatic heterocycles. The Balaban J connectivity index is 1.70. The van der Waals surface area contributed by atoms with E-state index in [4.69, 9.17) is 0 Å². The minimum Gasteiger partial charge on any atom is -0.392 e. The molecule has 128 valence electrons. The van der Waals surface area contributed by atoms with Crippen molar-refractivity contribution in [2.24, 2.45) is 0 Å². The summed E-state index contributed by atoms with van der Waals surface area (Å²) >= 11 is 0. The number of benzene rings is 1. The smallest absolute Gasteiger partial charge is 0.392 e. The van der Waals surface area contributed by atoms with Crippen molar-refractivity contribution in [3.8, 4) is 0 Å². The normalized spacial score (nSPS) is 22.0. The van der Waals surface area contributed by atoms with Gasteiger partial charge in [0.05, 0.1) is 11.7 Å². The fraction of sp³-hybridized carbons (Fsp3) is 0.389. The van der Waals surface area contributed by atoms with Crippen molar-refractivity contribution in [2.45, 2.75) is 31.2 Å². The maximum absolute atomic E-state index is 12.7. The molecule has 6 heteroatoms. The Bertz CT molecular complexity index is 658. The van der Waals surface area contributed by atoms with Crippen molar-refractivity contribution in [2.75, 3.05) is 13.1 Å². The van der Waals surface area contributed by atoms with Gasteiger partial charge in [-0.15, -0.1) is 0 Å². The number of nitrogens with zero attached hydrogens (tertiary/aromatic N) is 2. The zero-order valence-corrected chi connectivity index (χ0v) is 13.1. The average Bonchev–Trinajstić information content (AvgIpc) is 2.94. The van der Waals surface area contributed by atoms with Crippen LogP contribution in [0.4, 0.5) is 13.2 Å². The van der Waals surface area contributed by atoms with Crippen molar-refractivity contribution < 1.29 is 18.3 Å². The highest BCUT2D eigenvalue weighted by molar-refractivity contribution is 5.27. The SMILES string of the molecule is O[C@H]1C[C@@H](c2ccc(C(F)(F)F)cc2)N(CCc2ccccn2)C1. The van der Waals surface area contributed by atoms with Crippen molar-refractivity contribution in [1.82, 2.24) is 9.88 Å². The second kappa shape index (κ2) is 6.91. The lowest BCUT2D eigenvalue weighted by Gasteiger charge is -2.24. The van der Waals surface area contributed by atoms with Gasteiger partial charge in [0.25, 0.3) is 0 Å². The minimum atomic E-state index is -4.33. The first-order valence-electron chi connectivity index (χ1n) is 7.92. The van der Waals surface area contributed by atoms with Crippen LogP contribution in [-0.4, -0.2) is 34.2 Å². The second-order valence-electron chi connectivity index (χ2n) is 6.09. The summed E-state index contributed by atoms with van der Waals surface area (Å²) in [7, 11) is 0. The van der Waals surface area contributed by atoms with Crippen LogP contribution in [0.3, 0.4) is 0 Å². The van der Waals surface area contributed by atoms with E-state index in [9.17, 15) is 18.3 Å². The van der Waals surface area contributed by atoms with E-state index in [1.54, 1.807) is 6.20 Å². The summed E-state index contributed by atoms with van der Waals surface area (Å²) in [4.78, 5) is 6.39. The number of halogens is 3. The van der Waals surface area contributed by atoms with Crippen LogP contribution >= 0.6 is 0 Å². The van der Waals surface area contributed by atoms with E-state index >= 15 is 0 Å². The molecule has 2 heterocycles. The summed E-state index contributed by atoms with van der Waals surface area (Å²) in [5.41, 5.74) is 1.12. The predicted molar refractivity (Wildman–Crippen MR) is 84.3 cm³/mol. The number of hydrogen-bond donors (Lipinski definition) is 1. The number of aliphatic hydroxyl groups is 1. The fourth-order valence-electron chi connectivity index (χ4n) is 3.17. The molecule has 0 amide bonds. The van der Waals surface area contributed by atoms with Crippen LogP contribution in [0, 0.1) is 0 Å². The van der Waals surface area contributed by atoms with Gasteiger partial charge in [-0.05, 0) is 36.2 Å². The van der Waals surface area contributed by atoms with Gasteiger partial charge in [-0.2, -0.15) is 13.2 Å². The molecule has 0 bridgehead atoms. The molecule has 2 atom stereocenters. The molecular weight excluding hydrogens is 317 g/mol. The number of aromatic nitrogens is 1. The highest BCUT2D eigenvalue weighted by Crippen LogP contribution is 2.35. The summed E-state index contributed by atoms with van der Waals surface area (Å²) in [5, 5.41) is 9.98. The highest BCUT2D eigenvalue weighted by atomic mass is 19.4. The molecule has 2 aromatic rings. The van der Waals surface area contributed by atoms with Crippen LogP contribution in [0.15, 0.2) is 48.7 Å². The van der Waals surface area contributed by atoms with Gasteiger partial charge in [0, 0.05) is 37.4 Å². The van der Waals surface area contributed by atoms with Gasteiger partial charge in [-0.3, -0.25) is 9.88 Å². The quantitative estimate of drug-likeness (QED) is 0.929. The van der Waals surface area contributed by atoms with Crippen molar-refractivity contribution in [1.29, 1.82) is 0 Å². The molecule has 1 aliphatic heterocycles. The van der Waals surface area contributed by atoms with E-state index in [2.05, 4.69) is 9.88 Å². The van der Waals surface area contributed by atoms with Crippen LogP contribution in [0.25, 0.3) is 0 Å². The third-order valence-electron chi connectivity index (χ3n) is 4.39. The van der Waals surface area contributed by atoms with E-state index in [0.717, 1.165) is 29.8 Å². The summed E-state index contributed by atoms with van der Waals surface area (Å²) in [6, 6.07) is 10.9. The molecule has 0 spiro atoms. The number of pyridine rings is 1. The molecule has 1 aliphatic rings. The van der Waals surface area contributed by atoms with Crippen LogP contribution in [0.2, 0.25) is 0 Å². The first-order valence-corrected chi connectivity index (χ1v) is 7.92. The van der Waals surface area contributed by atoms with Crippen molar-refractivity contribution >= 4 is 0 Å². The zero-order chi connectivity index (χ0) is 17.2. The lowest BCUT2D eigenvalue weighted by atomic mass is 10.0. The van der Waals surface area contributed by atoms with Crippen LogP contribution in [-0.2, 0) is 12.6 Å². The van der Waals surface area contributed by atoms with Gasteiger partial charge in [-0.25, -0.2) is 0 Å². The Morgan fingerprint density at radius 2 is 1.88 bits per heavy atom. The lowest BCUT2D eigenvalue weighted by molar-refractivity contribution is -0.137. The van der Waals surface area contributed by atoms with E-state index in [0.29, 0.717) is 19.5 Å². The number of β-amino-alcohol motifs (C(OH)–C–C–N with tert-alkyl or cyclic N) is 1. The number of likely N-dealkylation sites (tertiary alicyclic amines) is 1. The molecule has 1 N–H and O–H groups in total. The van der Waals surface area contributed by atoms with E-state index < -0.39 is 17.8 Å². The molecule has 0 aliphatic carbocycles. The summed E-state index contributed by atoms with van der Waals surface area (Å²) in [5.74, 6) is 0. The number of aliphatic hydroxyl groups excluding tert-OH is 1. The summed E-state index contributed by atoms with van der Waals surface area (Å²) < 4.78 is 38.1. The molecule has 0 saturated carbocycles. The van der Waals surface area contributed by atoms with Crippen molar-refractivity contribution in [3.63, 3.8) is 0 Å². The van der Waals surface area contributed by atoms with Crippen LogP contribution in [0.1, 0.15) is 29.3 Å². The van der Waals surface area contributed by atoms with Gasteiger partial charge in [0.2, 0.25) is 0 Å². The molecule has 3 nitrogen and oxygen atoms in total. The van der Waals surface area contributed by atoms with E-state index in [-0.39, 0.29) is 6.04 Å². The molecular formula is C18H19F3N2O. The minimum absolute atomic E-state index is 0.0639. The summed E-state index contributed by atoms with van der Waals surface area (Å²) in [6.07, 6.45) is -1.77. The van der Waals surface area contributed by atoms with Gasteiger partial charge >= 0.3 is 6.18 Å². The monoisotopic (exact) mass is 336 g/mol. The molecule has 1 saturated heterocycles. The fourth-order valence-corrected chi connectivity index (χ4v) is 3.17. The molecule has 0 unspecified atom stereocenters. The molecule has 1 fully saturated rings. The Labute approximate surface area is 138 Å². The predicted octanol–water partition coefficient (Wildman–Crippen LogP) is 3.45. The third kappa shape index (κ3) is 3.94. The van der Waals surface area contributed by atoms with Crippen LogP contribution in [0.5, 0.6) is 0 Å². The Morgan fingerprint density at radius 3 is 2.50 bits per heavy atom. The maximum atomic E-state index is 12.7. The lowest BCUT2D eigenvalue weighted by Crippen LogP contribution is -2.27. The molecule has 1 aromatic carbocycles. The Kier molecular flexibility index (Phi) is 4.87. The van der Waals surface area contributed by atoms with Gasteiger partial charge in [-0.1, -0.05) is 18.2 Å². The Morgan fingerprint density at radius 1 is 1.12 bits per heavy atom. The summed E-state index contributed by atoms with van der Waals surface area (Å²) in [6.45, 7) is 1.23. The maximum Gasteiger partial charge on any atom is 0.416 e. The standard InChI is InChI=1S/C18H19F3N2O/c19-18(20,21)14-6-4-13(5-7-14)17-11-16(24)12-23(17)10-8-15-3-1-2-9-22-15/h1-7,9,16-17,24H,8,10-12H2/t16-,17-/m0/s1.